The van der Waals surface area contributed by atoms with Gasteiger partial charge >= 0.3 is 5.97 Å². The van der Waals surface area contributed by atoms with Gasteiger partial charge in [-0.1, -0.05) is 29.8 Å². The standard InChI is InChI=1S/C21H26N2O2/c1-6-23(5)14-22-20-12-16(3)19(11-17(20)4)21(24)25-13-18-9-7-8-15(2)10-18/h7-12,14H,6,13H2,1-5H3/b22-14+. The molecule has 0 N–H and O–H groups in total. The van der Waals surface area contributed by atoms with Crippen LogP contribution in [0.2, 0.25) is 0 Å². The molecule has 0 heterocycles. The molecular formula is C21H26N2O2. The van der Waals surface area contributed by atoms with Crippen molar-refractivity contribution in [3.05, 3.63) is 64.2 Å². The first-order valence-corrected chi connectivity index (χ1v) is 8.49. The minimum atomic E-state index is -0.302. The molecule has 0 aliphatic heterocycles. The van der Waals surface area contributed by atoms with Crippen LogP contribution in [0.25, 0.3) is 0 Å². The molecule has 2 aromatic carbocycles. The molecule has 4 heteroatoms. The monoisotopic (exact) mass is 338 g/mol. The fourth-order valence-corrected chi connectivity index (χ4v) is 2.43. The van der Waals surface area contributed by atoms with Crippen LogP contribution < -0.4 is 0 Å². The first kappa shape index (κ1) is 18.7. The van der Waals surface area contributed by atoms with Gasteiger partial charge < -0.3 is 9.64 Å². The summed E-state index contributed by atoms with van der Waals surface area (Å²) in [6.45, 7) is 9.12. The second kappa shape index (κ2) is 8.47. The molecule has 0 saturated heterocycles. The third-order valence-corrected chi connectivity index (χ3v) is 4.11. The van der Waals surface area contributed by atoms with E-state index in [4.69, 9.17) is 4.74 Å². The lowest BCUT2D eigenvalue weighted by atomic mass is 10.0. The van der Waals surface area contributed by atoms with Gasteiger partial charge in [0.05, 0.1) is 17.6 Å². The lowest BCUT2D eigenvalue weighted by Gasteiger charge is -2.12. The van der Waals surface area contributed by atoms with E-state index in [9.17, 15) is 4.79 Å². The Kier molecular flexibility index (Phi) is 6.34. The van der Waals surface area contributed by atoms with Crippen LogP contribution in [-0.2, 0) is 11.3 Å². The maximum Gasteiger partial charge on any atom is 0.338 e. The van der Waals surface area contributed by atoms with Crippen molar-refractivity contribution in [3.63, 3.8) is 0 Å². The summed E-state index contributed by atoms with van der Waals surface area (Å²) in [4.78, 5) is 18.9. The summed E-state index contributed by atoms with van der Waals surface area (Å²) in [7, 11) is 1.97. The van der Waals surface area contributed by atoms with E-state index in [0.717, 1.165) is 34.5 Å². The molecule has 4 nitrogen and oxygen atoms in total. The second-order valence-corrected chi connectivity index (χ2v) is 6.34. The number of ether oxygens (including phenoxy) is 1. The van der Waals surface area contributed by atoms with Gasteiger partial charge in [0.2, 0.25) is 0 Å². The zero-order chi connectivity index (χ0) is 18.4. The van der Waals surface area contributed by atoms with Crippen LogP contribution in [0, 0.1) is 20.8 Å². The highest BCUT2D eigenvalue weighted by molar-refractivity contribution is 5.92. The van der Waals surface area contributed by atoms with E-state index in [1.165, 1.54) is 0 Å². The quantitative estimate of drug-likeness (QED) is 0.440. The molecule has 2 aromatic rings. The van der Waals surface area contributed by atoms with Gasteiger partial charge in [-0.2, -0.15) is 0 Å². The van der Waals surface area contributed by atoms with Crippen molar-refractivity contribution < 1.29 is 9.53 Å². The van der Waals surface area contributed by atoms with Crippen molar-refractivity contribution in [1.82, 2.24) is 4.90 Å². The number of aryl methyl sites for hydroxylation is 3. The summed E-state index contributed by atoms with van der Waals surface area (Å²) in [6, 6.07) is 11.8. The fourth-order valence-electron chi connectivity index (χ4n) is 2.43. The Morgan fingerprint density at radius 2 is 1.92 bits per heavy atom. The number of carbonyl (C=O) groups is 1. The van der Waals surface area contributed by atoms with Gasteiger partial charge in [-0.25, -0.2) is 9.79 Å². The number of aliphatic imine (C=N–C) groups is 1. The highest BCUT2D eigenvalue weighted by Crippen LogP contribution is 2.24. The summed E-state index contributed by atoms with van der Waals surface area (Å²) in [6.07, 6.45) is 1.80. The summed E-state index contributed by atoms with van der Waals surface area (Å²) in [5.74, 6) is -0.302. The molecule has 0 aliphatic rings. The van der Waals surface area contributed by atoms with Crippen LogP contribution in [0.4, 0.5) is 5.69 Å². The van der Waals surface area contributed by atoms with E-state index in [2.05, 4.69) is 11.9 Å². The Morgan fingerprint density at radius 1 is 1.16 bits per heavy atom. The van der Waals surface area contributed by atoms with Crippen molar-refractivity contribution in [3.8, 4) is 0 Å². The van der Waals surface area contributed by atoms with Crippen LogP contribution in [0.1, 0.15) is 39.5 Å². The number of rotatable bonds is 6. The van der Waals surface area contributed by atoms with Crippen molar-refractivity contribution in [1.29, 1.82) is 0 Å². The number of hydrogen-bond acceptors (Lipinski definition) is 3. The van der Waals surface area contributed by atoms with Gasteiger partial charge in [-0.15, -0.1) is 0 Å². The molecule has 0 spiro atoms. The summed E-state index contributed by atoms with van der Waals surface area (Å²) in [5.41, 5.74) is 5.42. The van der Waals surface area contributed by atoms with Gasteiger partial charge in [0.15, 0.2) is 0 Å². The average molecular weight is 338 g/mol. The van der Waals surface area contributed by atoms with Crippen LogP contribution in [-0.4, -0.2) is 30.8 Å². The fraction of sp³-hybridized carbons (Fsp3) is 0.333. The molecule has 0 fully saturated rings. The maximum absolute atomic E-state index is 12.4. The topological polar surface area (TPSA) is 41.9 Å². The second-order valence-electron chi connectivity index (χ2n) is 6.34. The molecule has 0 saturated carbocycles. The van der Waals surface area contributed by atoms with Crippen LogP contribution in [0.5, 0.6) is 0 Å². The molecule has 0 unspecified atom stereocenters. The minimum absolute atomic E-state index is 0.278. The minimum Gasteiger partial charge on any atom is -0.457 e. The average Bonchev–Trinajstić information content (AvgIpc) is 2.59. The van der Waals surface area contributed by atoms with Crippen LogP contribution >= 0.6 is 0 Å². The third kappa shape index (κ3) is 5.18. The van der Waals surface area contributed by atoms with E-state index in [1.807, 2.05) is 69.1 Å². The van der Waals surface area contributed by atoms with Crippen molar-refractivity contribution in [2.24, 2.45) is 4.99 Å². The van der Waals surface area contributed by atoms with E-state index in [0.29, 0.717) is 5.56 Å². The predicted octanol–water partition coefficient (Wildman–Crippen LogP) is 4.58. The lowest BCUT2D eigenvalue weighted by molar-refractivity contribution is 0.0471. The van der Waals surface area contributed by atoms with E-state index < -0.39 is 0 Å². The highest BCUT2D eigenvalue weighted by Gasteiger charge is 2.13. The highest BCUT2D eigenvalue weighted by atomic mass is 16.5. The third-order valence-electron chi connectivity index (χ3n) is 4.11. The van der Waals surface area contributed by atoms with Crippen molar-refractivity contribution in [2.75, 3.05) is 13.6 Å². The van der Waals surface area contributed by atoms with E-state index in [-0.39, 0.29) is 12.6 Å². The number of carbonyl (C=O) groups excluding carboxylic acids is 1. The van der Waals surface area contributed by atoms with Gasteiger partial charge in [0.1, 0.15) is 6.61 Å². The van der Waals surface area contributed by atoms with Gasteiger partial charge in [-0.05, 0) is 56.5 Å². The number of hydrogen-bond donors (Lipinski definition) is 0. The molecule has 25 heavy (non-hydrogen) atoms. The lowest BCUT2D eigenvalue weighted by Crippen LogP contribution is -2.14. The first-order valence-electron chi connectivity index (χ1n) is 8.49. The van der Waals surface area contributed by atoms with E-state index >= 15 is 0 Å². The molecule has 0 bridgehead atoms. The van der Waals surface area contributed by atoms with E-state index in [1.54, 1.807) is 6.34 Å². The van der Waals surface area contributed by atoms with Gasteiger partial charge in [0, 0.05) is 13.6 Å². The first-order chi connectivity index (χ1) is 11.9. The Morgan fingerprint density at radius 3 is 2.60 bits per heavy atom. The molecule has 132 valence electrons. The van der Waals surface area contributed by atoms with Crippen LogP contribution in [0.3, 0.4) is 0 Å². The zero-order valence-corrected chi connectivity index (χ0v) is 15.7. The van der Waals surface area contributed by atoms with Gasteiger partial charge in [0.25, 0.3) is 0 Å². The predicted molar refractivity (Wildman–Crippen MR) is 103 cm³/mol. The summed E-state index contributed by atoms with van der Waals surface area (Å²) >= 11 is 0. The van der Waals surface area contributed by atoms with Crippen molar-refractivity contribution >= 4 is 18.0 Å². The molecule has 0 aliphatic carbocycles. The normalized spacial score (nSPS) is 10.9. The Hall–Kier alpha value is -2.62. The maximum atomic E-state index is 12.4. The molecule has 0 radical (unpaired) electrons. The summed E-state index contributed by atoms with van der Waals surface area (Å²) in [5, 5.41) is 0. The Bertz CT molecular complexity index is 781. The Labute approximate surface area is 150 Å². The molecule has 0 aromatic heterocycles. The van der Waals surface area contributed by atoms with Crippen molar-refractivity contribution in [2.45, 2.75) is 34.3 Å². The van der Waals surface area contributed by atoms with Crippen LogP contribution in [0.15, 0.2) is 41.4 Å². The zero-order valence-electron chi connectivity index (χ0n) is 15.7. The number of esters is 1. The Balaban J connectivity index is 2.12. The molecule has 0 amide bonds. The molecular weight excluding hydrogens is 312 g/mol. The van der Waals surface area contributed by atoms with Gasteiger partial charge in [-0.3, -0.25) is 0 Å². The molecule has 2 rings (SSSR count). The SMILES string of the molecule is CCN(C)/C=N/c1cc(C)c(C(=O)OCc2cccc(C)c2)cc1C. The largest absolute Gasteiger partial charge is 0.457 e. The number of benzene rings is 2. The smallest absolute Gasteiger partial charge is 0.338 e. The summed E-state index contributed by atoms with van der Waals surface area (Å²) < 4.78 is 5.47. The number of nitrogens with zero attached hydrogens (tertiary/aromatic N) is 2. The molecule has 0 atom stereocenters.